The van der Waals surface area contributed by atoms with Crippen LogP contribution in [0.2, 0.25) is 0 Å². The number of methoxy groups -OCH3 is 1. The Kier molecular flexibility index (Phi) is 5.83. The summed E-state index contributed by atoms with van der Waals surface area (Å²) in [6.07, 6.45) is -0.213. The maximum Gasteiger partial charge on any atom is 0.320 e. The minimum atomic E-state index is -1.24. The lowest BCUT2D eigenvalue weighted by atomic mass is 9.93. The van der Waals surface area contributed by atoms with E-state index in [0.29, 0.717) is 0 Å². The number of ether oxygens (including phenoxy) is 1. The van der Waals surface area contributed by atoms with Crippen LogP contribution in [-0.2, 0) is 14.3 Å². The number of carbonyl (C=O) groups is 2. The predicted octanol–water partition coefficient (Wildman–Crippen LogP) is -1.54. The average molecular weight is 220 g/mol. The highest BCUT2D eigenvalue weighted by Gasteiger charge is 2.29. The van der Waals surface area contributed by atoms with Gasteiger partial charge in [0.1, 0.15) is 6.04 Å². The highest BCUT2D eigenvalue weighted by atomic mass is 16.5. The van der Waals surface area contributed by atoms with Crippen molar-refractivity contribution >= 4 is 11.9 Å². The Balaban J connectivity index is 4.40. The molecule has 6 N–H and O–H groups in total. The number of hydrogen-bond acceptors (Lipinski definition) is 5. The quantitative estimate of drug-likeness (QED) is 0.408. The molecule has 0 aliphatic rings. The second-order valence-corrected chi connectivity index (χ2v) is 3.24. The molecule has 15 heavy (non-hydrogen) atoms. The predicted molar refractivity (Wildman–Crippen MR) is 51.2 cm³/mol. The fourth-order valence-electron chi connectivity index (χ4n) is 1.14. The Hall–Kier alpha value is -1.18. The minimum absolute atomic E-state index is 0.0449. The van der Waals surface area contributed by atoms with Gasteiger partial charge in [-0.25, -0.2) is 0 Å². The summed E-state index contributed by atoms with van der Waals surface area (Å²) in [5.74, 6) is -3.43. The number of carboxylic acids is 2. The molecule has 0 bridgehead atoms. The van der Waals surface area contributed by atoms with E-state index in [9.17, 15) is 9.59 Å². The third-order valence-electron chi connectivity index (χ3n) is 2.02. The van der Waals surface area contributed by atoms with Crippen molar-refractivity contribution < 1.29 is 24.5 Å². The first-order chi connectivity index (χ1) is 6.90. The monoisotopic (exact) mass is 220 g/mol. The van der Waals surface area contributed by atoms with Crippen LogP contribution in [0.4, 0.5) is 0 Å². The molecule has 0 radical (unpaired) electrons. The van der Waals surface area contributed by atoms with E-state index in [2.05, 4.69) is 0 Å². The van der Waals surface area contributed by atoms with Crippen LogP contribution in [-0.4, -0.2) is 48.0 Å². The smallest absolute Gasteiger partial charge is 0.320 e. The van der Waals surface area contributed by atoms with E-state index in [4.69, 9.17) is 26.4 Å². The minimum Gasteiger partial charge on any atom is -0.481 e. The van der Waals surface area contributed by atoms with Crippen molar-refractivity contribution in [3.05, 3.63) is 0 Å². The summed E-state index contributed by atoms with van der Waals surface area (Å²) < 4.78 is 4.70. The van der Waals surface area contributed by atoms with Crippen molar-refractivity contribution in [2.75, 3.05) is 13.7 Å². The lowest BCUT2D eigenvalue weighted by molar-refractivity contribution is -0.144. The molecule has 7 heteroatoms. The van der Waals surface area contributed by atoms with Crippen LogP contribution in [0.3, 0.4) is 0 Å². The van der Waals surface area contributed by atoms with E-state index in [1.165, 1.54) is 7.11 Å². The topological polar surface area (TPSA) is 136 Å². The van der Waals surface area contributed by atoms with Gasteiger partial charge in [-0.1, -0.05) is 0 Å². The van der Waals surface area contributed by atoms with Crippen molar-refractivity contribution in [3.63, 3.8) is 0 Å². The second-order valence-electron chi connectivity index (χ2n) is 3.24. The molecule has 0 aromatic rings. The second kappa shape index (κ2) is 6.33. The molecule has 88 valence electrons. The first kappa shape index (κ1) is 13.8. The van der Waals surface area contributed by atoms with E-state index < -0.39 is 29.9 Å². The van der Waals surface area contributed by atoms with Gasteiger partial charge in [0.15, 0.2) is 0 Å². The molecule has 2 unspecified atom stereocenters. The zero-order chi connectivity index (χ0) is 12.0. The van der Waals surface area contributed by atoms with Gasteiger partial charge in [0.2, 0.25) is 0 Å². The number of aliphatic carboxylic acids is 2. The van der Waals surface area contributed by atoms with Gasteiger partial charge in [-0.3, -0.25) is 9.59 Å². The van der Waals surface area contributed by atoms with Crippen LogP contribution in [0, 0.1) is 5.92 Å². The zero-order valence-electron chi connectivity index (χ0n) is 8.42. The summed E-state index contributed by atoms with van der Waals surface area (Å²) in [7, 11) is 1.38. The Morgan fingerprint density at radius 2 is 1.80 bits per heavy atom. The van der Waals surface area contributed by atoms with Gasteiger partial charge >= 0.3 is 11.9 Å². The molecule has 3 atom stereocenters. The van der Waals surface area contributed by atoms with E-state index in [1.54, 1.807) is 0 Å². The molecule has 0 saturated carbocycles. The van der Waals surface area contributed by atoms with Crippen molar-refractivity contribution in [2.45, 2.75) is 18.5 Å². The first-order valence-electron chi connectivity index (χ1n) is 4.35. The van der Waals surface area contributed by atoms with Gasteiger partial charge in [-0.2, -0.15) is 0 Å². The summed E-state index contributed by atoms with van der Waals surface area (Å²) in [6, 6.07) is -1.99. The Labute approximate surface area is 87.0 Å². The zero-order valence-corrected chi connectivity index (χ0v) is 8.42. The molecular weight excluding hydrogens is 204 g/mol. The molecule has 0 aromatic heterocycles. The fraction of sp³-hybridized carbons (Fsp3) is 0.750. The average Bonchev–Trinajstić information content (AvgIpc) is 2.13. The van der Waals surface area contributed by atoms with Crippen LogP contribution in [0.1, 0.15) is 6.42 Å². The molecule has 0 rings (SSSR count). The summed E-state index contributed by atoms with van der Waals surface area (Å²) in [5, 5.41) is 17.4. The summed E-state index contributed by atoms with van der Waals surface area (Å²) in [4.78, 5) is 21.2. The maximum absolute atomic E-state index is 10.8. The van der Waals surface area contributed by atoms with Crippen LogP contribution < -0.4 is 11.5 Å². The third-order valence-corrected chi connectivity index (χ3v) is 2.02. The number of carboxylic acid groups (broad SMARTS) is 2. The Morgan fingerprint density at radius 3 is 2.13 bits per heavy atom. The van der Waals surface area contributed by atoms with E-state index in [-0.39, 0.29) is 13.0 Å². The highest BCUT2D eigenvalue weighted by Crippen LogP contribution is 2.10. The molecule has 0 spiro atoms. The first-order valence-corrected chi connectivity index (χ1v) is 4.35. The third kappa shape index (κ3) is 4.73. The van der Waals surface area contributed by atoms with Gasteiger partial charge in [0.25, 0.3) is 0 Å². The lowest BCUT2D eigenvalue weighted by Gasteiger charge is -2.20. The van der Waals surface area contributed by atoms with Crippen LogP contribution >= 0.6 is 0 Å². The molecular formula is C8H16N2O5. The molecule has 0 aliphatic heterocycles. The van der Waals surface area contributed by atoms with E-state index >= 15 is 0 Å². The maximum atomic E-state index is 10.8. The van der Waals surface area contributed by atoms with Crippen molar-refractivity contribution in [1.82, 2.24) is 0 Å². The molecule has 7 nitrogen and oxygen atoms in total. The lowest BCUT2D eigenvalue weighted by Crippen LogP contribution is -2.44. The van der Waals surface area contributed by atoms with Crippen molar-refractivity contribution in [2.24, 2.45) is 17.4 Å². The normalized spacial score (nSPS) is 16.7. The number of hydrogen-bond donors (Lipinski definition) is 4. The van der Waals surface area contributed by atoms with Crippen LogP contribution in [0.15, 0.2) is 0 Å². The SMILES string of the molecule is COCC(N)C(C[C@H](N)C(=O)O)C(=O)O. The molecule has 0 aliphatic carbocycles. The summed E-state index contributed by atoms with van der Waals surface area (Å²) in [6.45, 7) is 0.0449. The largest absolute Gasteiger partial charge is 0.481 e. The van der Waals surface area contributed by atoms with Gasteiger partial charge in [0.05, 0.1) is 12.5 Å². The van der Waals surface area contributed by atoms with Crippen molar-refractivity contribution in [3.8, 4) is 0 Å². The molecule has 0 aromatic carbocycles. The highest BCUT2D eigenvalue weighted by molar-refractivity contribution is 5.76. The summed E-state index contributed by atoms with van der Waals surface area (Å²) >= 11 is 0. The van der Waals surface area contributed by atoms with E-state index in [0.717, 1.165) is 0 Å². The van der Waals surface area contributed by atoms with Gasteiger partial charge in [0, 0.05) is 13.2 Å². The van der Waals surface area contributed by atoms with Crippen LogP contribution in [0.5, 0.6) is 0 Å². The van der Waals surface area contributed by atoms with Gasteiger partial charge in [-0.05, 0) is 6.42 Å². The van der Waals surface area contributed by atoms with Crippen LogP contribution in [0.25, 0.3) is 0 Å². The van der Waals surface area contributed by atoms with Gasteiger partial charge in [-0.15, -0.1) is 0 Å². The van der Waals surface area contributed by atoms with E-state index in [1.807, 2.05) is 0 Å². The molecule has 0 saturated heterocycles. The summed E-state index contributed by atoms with van der Waals surface area (Å²) in [5.41, 5.74) is 10.8. The Morgan fingerprint density at radius 1 is 1.27 bits per heavy atom. The fourth-order valence-corrected chi connectivity index (χ4v) is 1.14. The molecule has 0 amide bonds. The standard InChI is InChI=1S/C8H16N2O5/c1-15-3-6(10)4(7(11)12)2-5(9)8(13)14/h4-6H,2-3,9-10H2,1H3,(H,11,12)(H,13,14)/t4?,5-,6?/m0/s1. The number of nitrogens with two attached hydrogens (primary N) is 2. The van der Waals surface area contributed by atoms with Crippen molar-refractivity contribution in [1.29, 1.82) is 0 Å². The number of rotatable bonds is 7. The molecule has 0 heterocycles. The van der Waals surface area contributed by atoms with Gasteiger partial charge < -0.3 is 26.4 Å². The molecule has 0 fully saturated rings. The Bertz CT molecular complexity index is 233.